The van der Waals surface area contributed by atoms with Crippen LogP contribution in [0.3, 0.4) is 0 Å². The molecule has 1 N–H and O–H groups in total. The van der Waals surface area contributed by atoms with E-state index in [1.165, 1.54) is 11.3 Å². The number of ether oxygens (including phenoxy) is 1. The smallest absolute Gasteiger partial charge is 0.0506 e. The Bertz CT molecular complexity index is 382. The zero-order valence-electron chi connectivity index (χ0n) is 12.1. The molecule has 1 saturated heterocycles. The molecule has 1 aromatic rings. The Morgan fingerprint density at radius 1 is 1.21 bits per heavy atom. The van der Waals surface area contributed by atoms with E-state index in [1.54, 1.807) is 0 Å². The maximum absolute atomic E-state index is 9.79. The van der Waals surface area contributed by atoms with Crippen molar-refractivity contribution >= 4 is 5.69 Å². The molecule has 0 unspecified atom stereocenters. The van der Waals surface area contributed by atoms with Crippen molar-refractivity contribution in [2.24, 2.45) is 5.41 Å². The Morgan fingerprint density at radius 3 is 2.37 bits per heavy atom. The lowest BCUT2D eigenvalue weighted by Gasteiger charge is -2.40. The van der Waals surface area contributed by atoms with Gasteiger partial charge in [-0.05, 0) is 38.8 Å². The van der Waals surface area contributed by atoms with Crippen molar-refractivity contribution in [1.29, 1.82) is 0 Å². The van der Waals surface area contributed by atoms with Gasteiger partial charge >= 0.3 is 0 Å². The van der Waals surface area contributed by atoms with Gasteiger partial charge in [-0.2, -0.15) is 0 Å². The van der Waals surface area contributed by atoms with E-state index in [4.69, 9.17) is 4.74 Å². The number of hydrogen-bond acceptors (Lipinski definition) is 3. The monoisotopic (exact) mass is 263 g/mol. The number of aliphatic hydroxyl groups excluding tert-OH is 1. The minimum atomic E-state index is -0.000847. The third-order valence-corrected chi connectivity index (χ3v) is 4.20. The molecular formula is C16H25NO2. The second kappa shape index (κ2) is 6.40. The van der Waals surface area contributed by atoms with Gasteiger partial charge in [-0.15, -0.1) is 0 Å². The summed E-state index contributed by atoms with van der Waals surface area (Å²) in [5.41, 5.74) is 2.52. The second-order valence-corrected chi connectivity index (χ2v) is 5.62. The molecule has 0 amide bonds. The van der Waals surface area contributed by atoms with Crippen LogP contribution in [0, 0.1) is 12.3 Å². The molecule has 0 atom stereocenters. The van der Waals surface area contributed by atoms with E-state index < -0.39 is 0 Å². The van der Waals surface area contributed by atoms with Gasteiger partial charge in [0.25, 0.3) is 0 Å². The van der Waals surface area contributed by atoms with Gasteiger partial charge in [-0.3, -0.25) is 0 Å². The van der Waals surface area contributed by atoms with Crippen LogP contribution in [0.5, 0.6) is 0 Å². The minimum Gasteiger partial charge on any atom is -0.396 e. The Kier molecular flexibility index (Phi) is 4.83. The van der Waals surface area contributed by atoms with Gasteiger partial charge in [-0.1, -0.05) is 17.7 Å². The topological polar surface area (TPSA) is 32.7 Å². The van der Waals surface area contributed by atoms with Crippen LogP contribution in [-0.2, 0) is 4.74 Å². The molecule has 3 nitrogen and oxygen atoms in total. The van der Waals surface area contributed by atoms with Gasteiger partial charge in [-0.25, -0.2) is 0 Å². The number of nitrogens with zero attached hydrogens (tertiary/aromatic N) is 1. The molecular weight excluding hydrogens is 238 g/mol. The zero-order chi connectivity index (χ0) is 13.7. The van der Waals surface area contributed by atoms with Gasteiger partial charge in [0.15, 0.2) is 0 Å². The molecule has 0 bridgehead atoms. The molecule has 1 fully saturated rings. The summed E-state index contributed by atoms with van der Waals surface area (Å²) in [6, 6.07) is 8.63. The zero-order valence-corrected chi connectivity index (χ0v) is 12.1. The van der Waals surface area contributed by atoms with E-state index >= 15 is 0 Å². The van der Waals surface area contributed by atoms with Gasteiger partial charge in [0.2, 0.25) is 0 Å². The van der Waals surface area contributed by atoms with E-state index in [1.807, 2.05) is 0 Å². The van der Waals surface area contributed by atoms with Gasteiger partial charge in [0.05, 0.1) is 6.61 Å². The summed E-state index contributed by atoms with van der Waals surface area (Å²) in [7, 11) is 0. The van der Waals surface area contributed by atoms with Crippen molar-refractivity contribution in [2.75, 3.05) is 37.8 Å². The summed E-state index contributed by atoms with van der Waals surface area (Å²) < 4.78 is 5.43. The third kappa shape index (κ3) is 3.48. The lowest BCUT2D eigenvalue weighted by Crippen LogP contribution is -2.44. The third-order valence-electron chi connectivity index (χ3n) is 4.20. The molecule has 0 saturated carbocycles. The summed E-state index contributed by atoms with van der Waals surface area (Å²) in [5, 5.41) is 9.79. The van der Waals surface area contributed by atoms with Crippen LogP contribution in [0.4, 0.5) is 5.69 Å². The van der Waals surface area contributed by atoms with Crippen LogP contribution in [0.1, 0.15) is 25.3 Å². The predicted octanol–water partition coefficient (Wildman–Crippen LogP) is 2.61. The highest BCUT2D eigenvalue weighted by Crippen LogP contribution is 2.32. The maximum atomic E-state index is 9.79. The average molecular weight is 263 g/mol. The second-order valence-electron chi connectivity index (χ2n) is 5.62. The fourth-order valence-electron chi connectivity index (χ4n) is 2.72. The summed E-state index contributed by atoms with van der Waals surface area (Å²) in [6.45, 7) is 7.94. The Hall–Kier alpha value is -1.06. The summed E-state index contributed by atoms with van der Waals surface area (Å²) in [4.78, 5) is 2.36. The van der Waals surface area contributed by atoms with Gasteiger partial charge < -0.3 is 14.7 Å². The Morgan fingerprint density at radius 2 is 1.84 bits per heavy atom. The highest BCUT2D eigenvalue weighted by molar-refractivity contribution is 5.47. The lowest BCUT2D eigenvalue weighted by atomic mass is 9.80. The molecule has 1 aromatic carbocycles. The number of hydrogen-bond donors (Lipinski definition) is 1. The van der Waals surface area contributed by atoms with Crippen molar-refractivity contribution in [3.63, 3.8) is 0 Å². The van der Waals surface area contributed by atoms with Crippen molar-refractivity contribution < 1.29 is 9.84 Å². The van der Waals surface area contributed by atoms with E-state index in [0.29, 0.717) is 0 Å². The number of aryl methyl sites for hydroxylation is 1. The van der Waals surface area contributed by atoms with E-state index in [-0.39, 0.29) is 12.0 Å². The van der Waals surface area contributed by atoms with E-state index in [2.05, 4.69) is 43.0 Å². The number of anilines is 1. The molecule has 0 aromatic heterocycles. The highest BCUT2D eigenvalue weighted by Gasteiger charge is 2.33. The standard InChI is InChI=1S/C16H25NO2/c1-3-17(15-6-4-14(2)5-7-15)12-16(13-18)8-10-19-11-9-16/h4-7,18H,3,8-13H2,1-2H3. The number of benzene rings is 1. The van der Waals surface area contributed by atoms with Crippen LogP contribution in [0.15, 0.2) is 24.3 Å². The van der Waals surface area contributed by atoms with Crippen LogP contribution in [0.25, 0.3) is 0 Å². The SMILES string of the molecule is CCN(CC1(CO)CCOCC1)c1ccc(C)cc1. The summed E-state index contributed by atoms with van der Waals surface area (Å²) in [5.74, 6) is 0. The van der Waals surface area contributed by atoms with E-state index in [0.717, 1.165) is 39.1 Å². The lowest BCUT2D eigenvalue weighted by molar-refractivity contribution is -0.0117. The molecule has 3 heteroatoms. The molecule has 1 aliphatic rings. The fourth-order valence-corrected chi connectivity index (χ4v) is 2.72. The largest absolute Gasteiger partial charge is 0.396 e. The first kappa shape index (κ1) is 14.4. The Balaban J connectivity index is 2.11. The summed E-state index contributed by atoms with van der Waals surface area (Å²) >= 11 is 0. The number of aliphatic hydroxyl groups is 1. The van der Waals surface area contributed by atoms with Gasteiger partial charge in [0.1, 0.15) is 0 Å². The van der Waals surface area contributed by atoms with Crippen LogP contribution in [0.2, 0.25) is 0 Å². The normalized spacial score (nSPS) is 18.3. The molecule has 0 radical (unpaired) electrons. The van der Waals surface area contributed by atoms with Crippen LogP contribution >= 0.6 is 0 Å². The minimum absolute atomic E-state index is 0.000847. The summed E-state index contributed by atoms with van der Waals surface area (Å²) in [6.07, 6.45) is 1.90. The molecule has 19 heavy (non-hydrogen) atoms. The van der Waals surface area contributed by atoms with Crippen LogP contribution < -0.4 is 4.90 Å². The molecule has 106 valence electrons. The van der Waals surface area contributed by atoms with Crippen molar-refractivity contribution in [1.82, 2.24) is 0 Å². The first-order valence-corrected chi connectivity index (χ1v) is 7.19. The maximum Gasteiger partial charge on any atom is 0.0506 e. The molecule has 1 heterocycles. The van der Waals surface area contributed by atoms with Crippen molar-refractivity contribution in [3.05, 3.63) is 29.8 Å². The Labute approximate surface area is 116 Å². The first-order chi connectivity index (χ1) is 9.19. The molecule has 2 rings (SSSR count). The predicted molar refractivity (Wildman–Crippen MR) is 78.6 cm³/mol. The van der Waals surface area contributed by atoms with Gasteiger partial charge in [0, 0.05) is 37.4 Å². The van der Waals surface area contributed by atoms with Crippen molar-refractivity contribution in [2.45, 2.75) is 26.7 Å². The highest BCUT2D eigenvalue weighted by atomic mass is 16.5. The first-order valence-electron chi connectivity index (χ1n) is 7.19. The van der Waals surface area contributed by atoms with Crippen molar-refractivity contribution in [3.8, 4) is 0 Å². The average Bonchev–Trinajstić information content (AvgIpc) is 2.47. The molecule has 0 spiro atoms. The number of rotatable bonds is 5. The molecule has 1 aliphatic heterocycles. The molecule has 0 aliphatic carbocycles. The van der Waals surface area contributed by atoms with E-state index in [9.17, 15) is 5.11 Å². The fraction of sp³-hybridized carbons (Fsp3) is 0.625. The van der Waals surface area contributed by atoms with Crippen LogP contribution in [-0.4, -0.2) is 38.0 Å². The quantitative estimate of drug-likeness (QED) is 0.886.